The second-order valence-electron chi connectivity index (χ2n) is 6.40. The zero-order valence-corrected chi connectivity index (χ0v) is 15.1. The molecule has 0 spiro atoms. The van der Waals surface area contributed by atoms with Crippen LogP contribution in [0.3, 0.4) is 0 Å². The van der Waals surface area contributed by atoms with E-state index in [-0.39, 0.29) is 5.75 Å². The standard InChI is InChI=1S/C24H20N2O/c1-2-26-22-16-20(27)14-15-21(22)23(25)24(26)19-12-10-18(11-13-19)9-8-17-6-4-3-5-7-17/h3-7,10-16,27H,2,25H2,1H3. The van der Waals surface area contributed by atoms with Gasteiger partial charge in [-0.3, -0.25) is 0 Å². The Balaban J connectivity index is 1.75. The molecule has 3 aromatic carbocycles. The molecular weight excluding hydrogens is 332 g/mol. The van der Waals surface area contributed by atoms with Gasteiger partial charge in [-0.1, -0.05) is 42.2 Å². The first-order valence-corrected chi connectivity index (χ1v) is 8.95. The predicted molar refractivity (Wildman–Crippen MR) is 112 cm³/mol. The monoisotopic (exact) mass is 352 g/mol. The number of rotatable bonds is 2. The second kappa shape index (κ2) is 6.93. The van der Waals surface area contributed by atoms with Crippen LogP contribution in [0.2, 0.25) is 0 Å². The number of nitrogens with zero attached hydrogens (tertiary/aromatic N) is 1. The number of hydrogen-bond acceptors (Lipinski definition) is 2. The van der Waals surface area contributed by atoms with Crippen LogP contribution < -0.4 is 5.73 Å². The van der Waals surface area contributed by atoms with Crippen molar-refractivity contribution in [3.05, 3.63) is 83.9 Å². The number of hydrogen-bond donors (Lipinski definition) is 2. The molecule has 0 aliphatic rings. The number of phenols is 1. The Morgan fingerprint density at radius 2 is 1.56 bits per heavy atom. The highest BCUT2D eigenvalue weighted by atomic mass is 16.3. The average molecular weight is 352 g/mol. The van der Waals surface area contributed by atoms with Gasteiger partial charge >= 0.3 is 0 Å². The molecule has 4 rings (SSSR count). The Hall–Kier alpha value is -3.64. The Labute approximate surface area is 158 Å². The highest BCUT2D eigenvalue weighted by Crippen LogP contribution is 2.37. The van der Waals surface area contributed by atoms with Crippen LogP contribution in [0.5, 0.6) is 5.75 Å². The Morgan fingerprint density at radius 3 is 2.22 bits per heavy atom. The van der Waals surface area contributed by atoms with E-state index in [1.165, 1.54) is 0 Å². The normalized spacial score (nSPS) is 10.6. The van der Waals surface area contributed by atoms with Crippen LogP contribution in [0.1, 0.15) is 18.1 Å². The highest BCUT2D eigenvalue weighted by Gasteiger charge is 2.16. The van der Waals surface area contributed by atoms with Crippen LogP contribution >= 0.6 is 0 Å². The van der Waals surface area contributed by atoms with Gasteiger partial charge < -0.3 is 15.4 Å². The Bertz CT molecular complexity index is 1160. The summed E-state index contributed by atoms with van der Waals surface area (Å²) in [5, 5.41) is 10.8. The fourth-order valence-corrected chi connectivity index (χ4v) is 3.38. The maximum atomic E-state index is 9.84. The summed E-state index contributed by atoms with van der Waals surface area (Å²) in [7, 11) is 0. The minimum atomic E-state index is 0.243. The summed E-state index contributed by atoms with van der Waals surface area (Å²) in [5.41, 5.74) is 12.1. The number of phenolic OH excluding ortho intramolecular Hbond substituents is 1. The van der Waals surface area contributed by atoms with Crippen LogP contribution in [0, 0.1) is 11.8 Å². The molecule has 27 heavy (non-hydrogen) atoms. The molecule has 1 aromatic heterocycles. The number of nitrogens with two attached hydrogens (primary N) is 1. The van der Waals surface area contributed by atoms with Crippen LogP contribution in [0.4, 0.5) is 5.69 Å². The van der Waals surface area contributed by atoms with E-state index in [9.17, 15) is 5.11 Å². The molecule has 0 fully saturated rings. The Kier molecular flexibility index (Phi) is 4.32. The second-order valence-corrected chi connectivity index (χ2v) is 6.40. The summed E-state index contributed by atoms with van der Waals surface area (Å²) in [6.45, 7) is 2.84. The maximum Gasteiger partial charge on any atom is 0.117 e. The van der Waals surface area contributed by atoms with Gasteiger partial charge in [0.15, 0.2) is 0 Å². The van der Waals surface area contributed by atoms with Crippen molar-refractivity contribution in [1.82, 2.24) is 4.57 Å². The van der Waals surface area contributed by atoms with Gasteiger partial charge in [0.05, 0.1) is 16.9 Å². The van der Waals surface area contributed by atoms with Gasteiger partial charge in [-0.25, -0.2) is 0 Å². The average Bonchev–Trinajstić information content (AvgIpc) is 2.98. The summed E-state index contributed by atoms with van der Waals surface area (Å²) in [4.78, 5) is 0. The van der Waals surface area contributed by atoms with Crippen LogP contribution in [-0.2, 0) is 6.54 Å². The fourth-order valence-electron chi connectivity index (χ4n) is 3.38. The van der Waals surface area contributed by atoms with Gasteiger partial charge in [0.25, 0.3) is 0 Å². The lowest BCUT2D eigenvalue weighted by Gasteiger charge is -2.09. The third kappa shape index (κ3) is 3.14. The molecule has 3 nitrogen and oxygen atoms in total. The minimum absolute atomic E-state index is 0.243. The number of aromatic hydroxyl groups is 1. The van der Waals surface area contributed by atoms with Crippen LogP contribution in [0.25, 0.3) is 22.2 Å². The number of aromatic nitrogens is 1. The van der Waals surface area contributed by atoms with Crippen molar-refractivity contribution in [3.8, 4) is 28.8 Å². The van der Waals surface area contributed by atoms with Crippen molar-refractivity contribution in [2.45, 2.75) is 13.5 Å². The topological polar surface area (TPSA) is 51.2 Å². The molecular formula is C24H20N2O. The highest BCUT2D eigenvalue weighted by molar-refractivity contribution is 6.01. The number of nitrogen functional groups attached to an aromatic ring is 1. The smallest absolute Gasteiger partial charge is 0.117 e. The van der Waals surface area contributed by atoms with Crippen molar-refractivity contribution < 1.29 is 5.11 Å². The largest absolute Gasteiger partial charge is 0.508 e. The van der Waals surface area contributed by atoms with E-state index < -0.39 is 0 Å². The molecule has 1 heterocycles. The molecule has 0 aliphatic heterocycles. The van der Waals surface area contributed by atoms with Gasteiger partial charge in [-0.05, 0) is 43.3 Å². The quantitative estimate of drug-likeness (QED) is 0.498. The van der Waals surface area contributed by atoms with Gasteiger partial charge in [0, 0.05) is 34.7 Å². The molecule has 0 saturated carbocycles. The predicted octanol–water partition coefficient (Wildman–Crippen LogP) is 5.02. The summed E-state index contributed by atoms with van der Waals surface area (Å²) >= 11 is 0. The van der Waals surface area contributed by atoms with Gasteiger partial charge in [0.1, 0.15) is 5.75 Å². The summed E-state index contributed by atoms with van der Waals surface area (Å²) < 4.78 is 2.13. The van der Waals surface area contributed by atoms with E-state index in [2.05, 4.69) is 23.3 Å². The zero-order chi connectivity index (χ0) is 18.8. The van der Waals surface area contributed by atoms with Gasteiger partial charge in [0.2, 0.25) is 0 Å². The van der Waals surface area contributed by atoms with Crippen molar-refractivity contribution in [2.75, 3.05) is 5.73 Å². The van der Waals surface area contributed by atoms with Crippen LogP contribution in [0.15, 0.2) is 72.8 Å². The van der Waals surface area contributed by atoms with Gasteiger partial charge in [-0.15, -0.1) is 0 Å². The molecule has 0 unspecified atom stereocenters. The molecule has 0 bridgehead atoms. The van der Waals surface area contributed by atoms with Crippen molar-refractivity contribution >= 4 is 16.6 Å². The summed E-state index contributed by atoms with van der Waals surface area (Å²) in [6, 6.07) is 23.4. The van der Waals surface area contributed by atoms with Crippen molar-refractivity contribution in [3.63, 3.8) is 0 Å². The summed E-state index contributed by atoms with van der Waals surface area (Å²) in [6.07, 6.45) is 0. The first kappa shape index (κ1) is 16.8. The van der Waals surface area contributed by atoms with Crippen molar-refractivity contribution in [1.29, 1.82) is 0 Å². The number of aryl methyl sites for hydroxylation is 1. The number of anilines is 1. The van der Waals surface area contributed by atoms with E-state index in [1.54, 1.807) is 12.1 Å². The third-order valence-corrected chi connectivity index (χ3v) is 4.69. The van der Waals surface area contributed by atoms with E-state index >= 15 is 0 Å². The molecule has 4 aromatic rings. The molecule has 3 heteroatoms. The first-order valence-electron chi connectivity index (χ1n) is 8.95. The molecule has 0 aliphatic carbocycles. The van der Waals surface area contributed by atoms with E-state index in [0.29, 0.717) is 0 Å². The van der Waals surface area contributed by atoms with E-state index in [1.807, 2.05) is 60.7 Å². The molecule has 0 radical (unpaired) electrons. The van der Waals surface area contributed by atoms with Crippen molar-refractivity contribution in [2.24, 2.45) is 0 Å². The molecule has 3 N–H and O–H groups in total. The lowest BCUT2D eigenvalue weighted by molar-refractivity contribution is 0.476. The molecule has 132 valence electrons. The van der Waals surface area contributed by atoms with E-state index in [4.69, 9.17) is 5.73 Å². The molecule has 0 saturated heterocycles. The van der Waals surface area contributed by atoms with Crippen LogP contribution in [-0.4, -0.2) is 9.67 Å². The Morgan fingerprint density at radius 1 is 0.889 bits per heavy atom. The first-order chi connectivity index (χ1) is 13.2. The lowest BCUT2D eigenvalue weighted by atomic mass is 10.1. The third-order valence-electron chi connectivity index (χ3n) is 4.69. The fraction of sp³-hybridized carbons (Fsp3) is 0.0833. The molecule has 0 atom stereocenters. The lowest BCUT2D eigenvalue weighted by Crippen LogP contribution is -1.98. The SMILES string of the molecule is CCn1c(-c2ccc(C#Cc3ccccc3)cc2)c(N)c2ccc(O)cc21. The number of fused-ring (bicyclic) bond motifs is 1. The van der Waals surface area contributed by atoms with E-state index in [0.717, 1.165) is 45.5 Å². The minimum Gasteiger partial charge on any atom is -0.508 e. The maximum absolute atomic E-state index is 9.84. The zero-order valence-electron chi connectivity index (χ0n) is 15.1. The summed E-state index contributed by atoms with van der Waals surface area (Å²) in [5.74, 6) is 6.61. The number of benzene rings is 3. The van der Waals surface area contributed by atoms with Gasteiger partial charge in [-0.2, -0.15) is 0 Å². The molecule has 0 amide bonds.